The third-order valence-corrected chi connectivity index (χ3v) is 9.51. The van der Waals surface area contributed by atoms with Crippen LogP contribution < -0.4 is 4.90 Å². The lowest BCUT2D eigenvalue weighted by Gasteiger charge is -2.48. The molecule has 2 N–H and O–H groups in total. The maximum Gasteiger partial charge on any atom is 0.349 e. The maximum absolute atomic E-state index is 14.4. The molecule has 4 aromatic rings. The Kier molecular flexibility index (Phi) is 7.69. The maximum atomic E-state index is 14.4. The second-order valence-corrected chi connectivity index (χ2v) is 12.4. The summed E-state index contributed by atoms with van der Waals surface area (Å²) >= 11 is 0. The molecule has 2 bridgehead atoms. The van der Waals surface area contributed by atoms with Gasteiger partial charge in [-0.1, -0.05) is 97.1 Å². The summed E-state index contributed by atoms with van der Waals surface area (Å²) in [5, 5.41) is 0. The summed E-state index contributed by atoms with van der Waals surface area (Å²) < 4.78 is 13.2. The highest BCUT2D eigenvalue weighted by Gasteiger charge is 2.57. The fourth-order valence-corrected chi connectivity index (χ4v) is 7.74. The Balaban J connectivity index is 1.39. The van der Waals surface area contributed by atoms with Crippen molar-refractivity contribution in [2.24, 2.45) is 0 Å². The Bertz CT molecular complexity index is 1500. The summed E-state index contributed by atoms with van der Waals surface area (Å²) in [5.74, 6) is -2.59. The molecule has 0 aliphatic carbocycles. The second-order valence-electron chi connectivity index (χ2n) is 10.7. The van der Waals surface area contributed by atoms with Crippen LogP contribution in [0, 0.1) is 0 Å². The molecule has 0 spiro atoms. The van der Waals surface area contributed by atoms with Gasteiger partial charge in [-0.05, 0) is 48.2 Å². The van der Waals surface area contributed by atoms with Crippen LogP contribution in [0.5, 0.6) is 0 Å². The molecule has 2 heterocycles. The molecule has 2 aliphatic heterocycles. The Labute approximate surface area is 245 Å². The number of piperazine rings is 1. The second kappa shape index (κ2) is 11.6. The number of nitrogens with zero attached hydrogens (tertiary/aromatic N) is 3. The molecular weight excluding hydrogens is 549 g/mol. The monoisotopic (exact) mass is 581 g/mol. The summed E-state index contributed by atoms with van der Waals surface area (Å²) in [4.78, 5) is 54.8. The molecule has 4 aromatic carbocycles. The smallest absolute Gasteiger partial charge is 0.323 e. The van der Waals surface area contributed by atoms with Gasteiger partial charge in [0.25, 0.3) is 0 Å². The van der Waals surface area contributed by atoms with E-state index in [1.165, 1.54) is 4.90 Å². The molecule has 6 rings (SSSR count). The first-order valence-corrected chi connectivity index (χ1v) is 15.7. The summed E-state index contributed by atoms with van der Waals surface area (Å²) in [5.41, 5.74) is 2.77. The van der Waals surface area contributed by atoms with E-state index in [2.05, 4.69) is 0 Å². The lowest BCUT2D eigenvalue weighted by molar-refractivity contribution is -0.136. The zero-order valence-corrected chi connectivity index (χ0v) is 23.8. The van der Waals surface area contributed by atoms with Gasteiger partial charge in [0.2, 0.25) is 5.91 Å². The van der Waals surface area contributed by atoms with E-state index < -0.39 is 31.4 Å². The zero-order chi connectivity index (χ0) is 29.3. The highest BCUT2D eigenvalue weighted by molar-refractivity contribution is 7.52. The SMILES string of the molecule is O=C(C(c1ccccc1)c1ccccc1)N1CC2CC[C@H]([C@H]1P(=O)(O)O)N2C(=O)N(c1ccccc1)c1ccccc1. The first kappa shape index (κ1) is 27.9. The number of carbonyl (C=O) groups excluding carboxylic acids is 2. The van der Waals surface area contributed by atoms with Crippen molar-refractivity contribution in [3.8, 4) is 0 Å². The molecule has 9 heteroatoms. The van der Waals surface area contributed by atoms with Crippen molar-refractivity contribution in [3.63, 3.8) is 0 Å². The van der Waals surface area contributed by atoms with Crippen molar-refractivity contribution in [3.05, 3.63) is 132 Å². The molecule has 3 atom stereocenters. The van der Waals surface area contributed by atoms with E-state index in [9.17, 15) is 23.9 Å². The minimum Gasteiger partial charge on any atom is -0.323 e. The Morgan fingerprint density at radius 3 is 1.62 bits per heavy atom. The van der Waals surface area contributed by atoms with Crippen LogP contribution in [0.25, 0.3) is 0 Å². The van der Waals surface area contributed by atoms with Crippen LogP contribution >= 0.6 is 7.60 Å². The molecule has 214 valence electrons. The van der Waals surface area contributed by atoms with E-state index in [-0.39, 0.29) is 18.5 Å². The Morgan fingerprint density at radius 2 is 1.17 bits per heavy atom. The minimum absolute atomic E-state index is 0.0322. The number of amides is 3. The largest absolute Gasteiger partial charge is 0.349 e. The minimum atomic E-state index is -4.88. The van der Waals surface area contributed by atoms with Crippen LogP contribution in [0.4, 0.5) is 16.2 Å². The third-order valence-electron chi connectivity index (χ3n) is 8.20. The summed E-state index contributed by atoms with van der Waals surface area (Å²) in [6.07, 6.45) is 0.921. The van der Waals surface area contributed by atoms with E-state index in [0.717, 1.165) is 11.1 Å². The molecule has 2 aliphatic rings. The summed E-state index contributed by atoms with van der Waals surface area (Å²) in [7, 11) is -4.88. The van der Waals surface area contributed by atoms with E-state index in [0.29, 0.717) is 24.2 Å². The van der Waals surface area contributed by atoms with Crippen molar-refractivity contribution in [2.75, 3.05) is 11.4 Å². The average Bonchev–Trinajstić information content (AvgIpc) is 3.30. The lowest BCUT2D eigenvalue weighted by Crippen LogP contribution is -2.64. The van der Waals surface area contributed by atoms with E-state index >= 15 is 0 Å². The molecule has 1 unspecified atom stereocenters. The summed E-state index contributed by atoms with van der Waals surface area (Å²) in [6.45, 7) is 0.0322. The average molecular weight is 582 g/mol. The first-order valence-electron chi connectivity index (χ1n) is 14.0. The molecule has 0 saturated carbocycles. The fraction of sp³-hybridized carbons (Fsp3) is 0.212. The number of carbonyl (C=O) groups is 2. The number of fused-ring (bicyclic) bond motifs is 2. The van der Waals surface area contributed by atoms with Gasteiger partial charge < -0.3 is 19.6 Å². The zero-order valence-electron chi connectivity index (χ0n) is 22.9. The standard InChI is InChI=1S/C33H32N3O5P/c37-31(30(24-13-5-1-6-14-24)25-15-7-2-8-16-25)34-23-28-21-22-29(32(34)42(39,40)41)36(28)33(38)35(26-17-9-3-10-18-26)27-19-11-4-12-20-27/h1-20,28-30,32H,21-23H2,(H2,39,40,41)/t28?,29-,32-/m1/s1. The van der Waals surface area contributed by atoms with Crippen molar-refractivity contribution >= 4 is 30.9 Å². The van der Waals surface area contributed by atoms with Crippen molar-refractivity contribution < 1.29 is 23.9 Å². The van der Waals surface area contributed by atoms with Gasteiger partial charge in [-0.15, -0.1) is 0 Å². The predicted molar refractivity (Wildman–Crippen MR) is 161 cm³/mol. The number of anilines is 2. The van der Waals surface area contributed by atoms with Gasteiger partial charge in [-0.25, -0.2) is 4.79 Å². The predicted octanol–water partition coefficient (Wildman–Crippen LogP) is 5.96. The number of hydrogen-bond acceptors (Lipinski definition) is 3. The topological polar surface area (TPSA) is 101 Å². The highest BCUT2D eigenvalue weighted by atomic mass is 31.2. The molecule has 2 fully saturated rings. The Morgan fingerprint density at radius 1 is 0.714 bits per heavy atom. The van der Waals surface area contributed by atoms with Crippen LogP contribution in [0.2, 0.25) is 0 Å². The number of hydrogen-bond donors (Lipinski definition) is 2. The van der Waals surface area contributed by atoms with Crippen molar-refractivity contribution in [1.29, 1.82) is 0 Å². The van der Waals surface area contributed by atoms with Crippen LogP contribution in [-0.4, -0.2) is 55.9 Å². The van der Waals surface area contributed by atoms with Gasteiger partial charge in [0.15, 0.2) is 5.78 Å². The van der Waals surface area contributed by atoms with Gasteiger partial charge >= 0.3 is 13.6 Å². The number of urea groups is 1. The molecule has 42 heavy (non-hydrogen) atoms. The van der Waals surface area contributed by atoms with Crippen molar-refractivity contribution in [1.82, 2.24) is 9.80 Å². The molecule has 0 radical (unpaired) electrons. The van der Waals surface area contributed by atoms with E-state index in [1.807, 2.05) is 121 Å². The normalized spacial score (nSPS) is 20.0. The van der Waals surface area contributed by atoms with E-state index in [4.69, 9.17) is 0 Å². The van der Waals surface area contributed by atoms with Crippen LogP contribution in [0.3, 0.4) is 0 Å². The molecule has 0 aromatic heterocycles. The highest BCUT2D eigenvalue weighted by Crippen LogP contribution is 2.53. The Hall–Kier alpha value is -4.23. The molecule has 8 nitrogen and oxygen atoms in total. The number of para-hydroxylation sites is 2. The molecular formula is C33H32N3O5P. The third kappa shape index (κ3) is 5.25. The fourth-order valence-electron chi connectivity index (χ4n) is 6.42. The molecule has 2 saturated heterocycles. The van der Waals surface area contributed by atoms with Gasteiger partial charge in [-0.2, -0.15) is 0 Å². The van der Waals surface area contributed by atoms with Crippen molar-refractivity contribution in [2.45, 2.75) is 36.6 Å². The van der Waals surface area contributed by atoms with Gasteiger partial charge in [0.05, 0.1) is 29.4 Å². The molecule has 3 amide bonds. The number of likely N-dealkylation sites (tertiary alicyclic amines) is 1. The van der Waals surface area contributed by atoms with Gasteiger partial charge in [0.1, 0.15) is 0 Å². The van der Waals surface area contributed by atoms with Crippen LogP contribution in [0.1, 0.15) is 29.9 Å². The lowest BCUT2D eigenvalue weighted by atomic mass is 9.89. The van der Waals surface area contributed by atoms with Crippen LogP contribution in [0.15, 0.2) is 121 Å². The quantitative estimate of drug-likeness (QED) is 0.274. The van der Waals surface area contributed by atoms with Crippen LogP contribution in [-0.2, 0) is 9.36 Å². The van der Waals surface area contributed by atoms with E-state index in [1.54, 1.807) is 9.80 Å². The first-order chi connectivity index (χ1) is 20.3. The van der Waals surface area contributed by atoms with Gasteiger partial charge in [-0.3, -0.25) is 14.3 Å². The van der Waals surface area contributed by atoms with Gasteiger partial charge in [0, 0.05) is 6.54 Å². The number of benzene rings is 4. The number of rotatable bonds is 6. The summed E-state index contributed by atoms with van der Waals surface area (Å²) in [6, 6.07) is 35.4.